The van der Waals surface area contributed by atoms with Gasteiger partial charge < -0.3 is 10.2 Å². The number of rotatable bonds is 11. The molecule has 0 aromatic carbocycles. The second-order valence-electron chi connectivity index (χ2n) is 4.39. The van der Waals surface area contributed by atoms with Crippen LogP contribution >= 0.6 is 0 Å². The normalized spacial score (nSPS) is 13.4. The van der Waals surface area contributed by atoms with Crippen LogP contribution in [0.15, 0.2) is 12.2 Å². The quantitative estimate of drug-likeness (QED) is 0.420. The van der Waals surface area contributed by atoms with Crippen LogP contribution in [0.1, 0.15) is 64.7 Å². The summed E-state index contributed by atoms with van der Waals surface area (Å²) >= 11 is 0. The van der Waals surface area contributed by atoms with E-state index in [1.54, 1.807) is 0 Å². The maximum atomic E-state index is 9.35. The molecule has 1 atom stereocenters. The molecule has 16 heavy (non-hydrogen) atoms. The van der Waals surface area contributed by atoms with Crippen LogP contribution in [-0.2, 0) is 0 Å². The molecular weight excluding hydrogens is 200 g/mol. The van der Waals surface area contributed by atoms with Gasteiger partial charge in [-0.3, -0.25) is 0 Å². The molecule has 0 aromatic rings. The fourth-order valence-electron chi connectivity index (χ4n) is 1.69. The number of aliphatic hydroxyl groups is 2. The number of allylic oxidation sites excluding steroid dienone is 1. The van der Waals surface area contributed by atoms with Gasteiger partial charge in [-0.05, 0) is 32.1 Å². The van der Waals surface area contributed by atoms with Gasteiger partial charge in [-0.15, -0.1) is 0 Å². The topological polar surface area (TPSA) is 40.5 Å². The van der Waals surface area contributed by atoms with E-state index in [0.717, 1.165) is 32.1 Å². The van der Waals surface area contributed by atoms with E-state index in [2.05, 4.69) is 12.2 Å². The van der Waals surface area contributed by atoms with Crippen molar-refractivity contribution in [3.8, 4) is 0 Å². The molecule has 0 spiro atoms. The molecule has 0 heterocycles. The highest BCUT2D eigenvalue weighted by molar-refractivity contribution is 4.80. The van der Waals surface area contributed by atoms with Crippen LogP contribution < -0.4 is 0 Å². The Labute approximate surface area is 100 Å². The van der Waals surface area contributed by atoms with Gasteiger partial charge in [-0.1, -0.05) is 44.8 Å². The lowest BCUT2D eigenvalue weighted by atomic mass is 10.1. The Morgan fingerprint density at radius 3 is 2.25 bits per heavy atom. The first kappa shape index (κ1) is 15.7. The van der Waals surface area contributed by atoms with Gasteiger partial charge in [0.1, 0.15) is 0 Å². The van der Waals surface area contributed by atoms with Crippen molar-refractivity contribution in [3.63, 3.8) is 0 Å². The van der Waals surface area contributed by atoms with Gasteiger partial charge in [-0.25, -0.2) is 0 Å². The minimum Gasteiger partial charge on any atom is -0.396 e. The third-order valence-electron chi connectivity index (χ3n) is 2.84. The molecule has 0 aliphatic carbocycles. The number of unbranched alkanes of at least 4 members (excludes halogenated alkanes) is 5. The van der Waals surface area contributed by atoms with E-state index in [4.69, 9.17) is 5.11 Å². The minimum atomic E-state index is -0.0820. The van der Waals surface area contributed by atoms with Gasteiger partial charge in [0, 0.05) is 6.61 Å². The first-order valence-electron chi connectivity index (χ1n) is 6.75. The zero-order chi connectivity index (χ0) is 12.1. The molecule has 0 aromatic heterocycles. The summed E-state index contributed by atoms with van der Waals surface area (Å²) in [5.74, 6) is 0. The van der Waals surface area contributed by atoms with Crippen molar-refractivity contribution in [1.29, 1.82) is 0 Å². The summed E-state index contributed by atoms with van der Waals surface area (Å²) in [6, 6.07) is 0. The molecule has 0 aliphatic rings. The van der Waals surface area contributed by atoms with Gasteiger partial charge >= 0.3 is 0 Å². The number of hydrogen-bond acceptors (Lipinski definition) is 2. The lowest BCUT2D eigenvalue weighted by molar-refractivity contribution is 0.156. The zero-order valence-corrected chi connectivity index (χ0v) is 10.7. The molecule has 0 saturated carbocycles. The standard InChI is InChI=1S/C14H28O2/c1-2-14(16)12-10-8-6-4-3-5-7-9-11-13-15/h7,9,14-16H,2-6,8,10-13H2,1H3. The van der Waals surface area contributed by atoms with E-state index in [0.29, 0.717) is 0 Å². The molecular formula is C14H28O2. The molecule has 1 unspecified atom stereocenters. The first-order chi connectivity index (χ1) is 7.81. The third kappa shape index (κ3) is 11.7. The van der Waals surface area contributed by atoms with E-state index in [9.17, 15) is 5.11 Å². The summed E-state index contributed by atoms with van der Waals surface area (Å²) in [6.45, 7) is 2.29. The summed E-state index contributed by atoms with van der Waals surface area (Å²) < 4.78 is 0. The van der Waals surface area contributed by atoms with E-state index >= 15 is 0 Å². The van der Waals surface area contributed by atoms with Gasteiger partial charge in [0.2, 0.25) is 0 Å². The molecule has 0 radical (unpaired) electrons. The number of aliphatic hydroxyl groups excluding tert-OH is 2. The summed E-state index contributed by atoms with van der Waals surface area (Å²) in [5, 5.41) is 17.9. The van der Waals surface area contributed by atoms with Crippen molar-refractivity contribution in [2.75, 3.05) is 6.61 Å². The van der Waals surface area contributed by atoms with E-state index in [-0.39, 0.29) is 12.7 Å². The van der Waals surface area contributed by atoms with E-state index in [1.807, 2.05) is 6.92 Å². The molecule has 0 rings (SSSR count). The number of hydrogen-bond donors (Lipinski definition) is 2. The zero-order valence-electron chi connectivity index (χ0n) is 10.7. The maximum Gasteiger partial charge on any atom is 0.0537 e. The monoisotopic (exact) mass is 228 g/mol. The fourth-order valence-corrected chi connectivity index (χ4v) is 1.69. The van der Waals surface area contributed by atoms with Gasteiger partial charge in [0.25, 0.3) is 0 Å². The lowest BCUT2D eigenvalue weighted by Gasteiger charge is -2.06. The molecule has 0 amide bonds. The van der Waals surface area contributed by atoms with Gasteiger partial charge in [0.15, 0.2) is 0 Å². The van der Waals surface area contributed by atoms with Crippen LogP contribution in [0.2, 0.25) is 0 Å². The summed E-state index contributed by atoms with van der Waals surface area (Å²) in [4.78, 5) is 0. The van der Waals surface area contributed by atoms with Crippen molar-refractivity contribution in [2.45, 2.75) is 70.8 Å². The molecule has 0 fully saturated rings. The Hall–Kier alpha value is -0.340. The minimum absolute atomic E-state index is 0.0820. The highest BCUT2D eigenvalue weighted by atomic mass is 16.3. The smallest absolute Gasteiger partial charge is 0.0537 e. The van der Waals surface area contributed by atoms with Crippen molar-refractivity contribution in [1.82, 2.24) is 0 Å². The average Bonchev–Trinajstić information content (AvgIpc) is 2.31. The fraction of sp³-hybridized carbons (Fsp3) is 0.857. The summed E-state index contributed by atoms with van der Waals surface area (Å²) in [7, 11) is 0. The molecule has 96 valence electrons. The van der Waals surface area contributed by atoms with Crippen LogP contribution in [0, 0.1) is 0 Å². The lowest BCUT2D eigenvalue weighted by Crippen LogP contribution is -2.03. The Morgan fingerprint density at radius 2 is 1.56 bits per heavy atom. The van der Waals surface area contributed by atoms with E-state index in [1.165, 1.54) is 25.7 Å². The highest BCUT2D eigenvalue weighted by Gasteiger charge is 1.99. The van der Waals surface area contributed by atoms with Gasteiger partial charge in [-0.2, -0.15) is 0 Å². The first-order valence-corrected chi connectivity index (χ1v) is 6.75. The summed E-state index contributed by atoms with van der Waals surface area (Å²) in [6.07, 6.45) is 14.1. The van der Waals surface area contributed by atoms with Gasteiger partial charge in [0.05, 0.1) is 6.10 Å². The van der Waals surface area contributed by atoms with Crippen LogP contribution in [0.5, 0.6) is 0 Å². The van der Waals surface area contributed by atoms with Crippen LogP contribution in [0.3, 0.4) is 0 Å². The Kier molecular flexibility index (Phi) is 12.5. The maximum absolute atomic E-state index is 9.35. The molecule has 0 bridgehead atoms. The predicted octanol–water partition coefficient (Wildman–Crippen LogP) is 3.43. The molecule has 2 nitrogen and oxygen atoms in total. The highest BCUT2D eigenvalue weighted by Crippen LogP contribution is 2.10. The predicted molar refractivity (Wildman–Crippen MR) is 69.5 cm³/mol. The van der Waals surface area contributed by atoms with Crippen LogP contribution in [0.4, 0.5) is 0 Å². The average molecular weight is 228 g/mol. The van der Waals surface area contributed by atoms with Crippen molar-refractivity contribution < 1.29 is 10.2 Å². The van der Waals surface area contributed by atoms with Crippen LogP contribution in [0.25, 0.3) is 0 Å². The van der Waals surface area contributed by atoms with Crippen molar-refractivity contribution in [3.05, 3.63) is 12.2 Å². The molecule has 2 heteroatoms. The largest absolute Gasteiger partial charge is 0.396 e. The molecule has 0 saturated heterocycles. The van der Waals surface area contributed by atoms with E-state index < -0.39 is 0 Å². The van der Waals surface area contributed by atoms with Crippen molar-refractivity contribution in [2.24, 2.45) is 0 Å². The van der Waals surface area contributed by atoms with Crippen molar-refractivity contribution >= 4 is 0 Å². The second-order valence-corrected chi connectivity index (χ2v) is 4.39. The Morgan fingerprint density at radius 1 is 0.938 bits per heavy atom. The molecule has 0 aliphatic heterocycles. The Balaban J connectivity index is 3.04. The summed E-state index contributed by atoms with van der Waals surface area (Å²) in [5.41, 5.74) is 0. The van der Waals surface area contributed by atoms with Crippen LogP contribution in [-0.4, -0.2) is 22.9 Å². The third-order valence-corrected chi connectivity index (χ3v) is 2.84. The molecule has 2 N–H and O–H groups in total. The second kappa shape index (κ2) is 12.7. The SMILES string of the molecule is CCC(O)CCCCCCCC=CCCO. The Bertz CT molecular complexity index is 155.